The Labute approximate surface area is 265 Å². The highest BCUT2D eigenvalue weighted by atomic mass is 19.1. The van der Waals surface area contributed by atoms with Gasteiger partial charge in [0.1, 0.15) is 17.4 Å². The predicted molar refractivity (Wildman–Crippen MR) is 180 cm³/mol. The highest BCUT2D eigenvalue weighted by Gasteiger charge is 2.30. The van der Waals surface area contributed by atoms with E-state index in [1.54, 1.807) is 7.11 Å². The zero-order valence-corrected chi connectivity index (χ0v) is 28.4. The molecule has 1 unspecified atom stereocenters. The summed E-state index contributed by atoms with van der Waals surface area (Å²) in [4.78, 5) is 5.16. The van der Waals surface area contributed by atoms with Crippen LogP contribution in [0.2, 0.25) is 0 Å². The van der Waals surface area contributed by atoms with Crippen molar-refractivity contribution in [1.82, 2.24) is 9.80 Å². The number of hydrogen-bond donors (Lipinski definition) is 0. The standard InChI is InChI=1S/C39H54F2N2O/c1-38(2,3)35-24-28(25-36(37(35)44-8)39(4,5)6)26-43-23-21-33(27-43)42(7)22-11-9-10-12-34(29-13-17-31(40)18-14-29)30-15-19-32(41)20-16-30/h13-20,24-25,33-34H,9-12,21-23,26-27H2,1-8H3. The number of halogens is 2. The summed E-state index contributed by atoms with van der Waals surface area (Å²) in [7, 11) is 4.08. The van der Waals surface area contributed by atoms with Crippen LogP contribution < -0.4 is 4.74 Å². The van der Waals surface area contributed by atoms with Gasteiger partial charge in [-0.2, -0.15) is 0 Å². The molecule has 1 saturated heterocycles. The molecular weight excluding hydrogens is 550 g/mol. The minimum Gasteiger partial charge on any atom is -0.496 e. The Morgan fingerprint density at radius 1 is 0.818 bits per heavy atom. The van der Waals surface area contributed by atoms with Gasteiger partial charge in [0.25, 0.3) is 0 Å². The van der Waals surface area contributed by atoms with Crippen LogP contribution in [-0.4, -0.2) is 49.6 Å². The molecule has 5 heteroatoms. The number of methoxy groups -OCH3 is 1. The molecule has 1 heterocycles. The van der Waals surface area contributed by atoms with Crippen LogP contribution in [-0.2, 0) is 17.4 Å². The Morgan fingerprint density at radius 3 is 1.82 bits per heavy atom. The fourth-order valence-electron chi connectivity index (χ4n) is 6.67. The molecule has 3 nitrogen and oxygen atoms in total. The van der Waals surface area contributed by atoms with Gasteiger partial charge in [-0.1, -0.05) is 90.8 Å². The van der Waals surface area contributed by atoms with Crippen molar-refractivity contribution in [2.75, 3.05) is 33.8 Å². The third-order valence-corrected chi connectivity index (χ3v) is 9.29. The van der Waals surface area contributed by atoms with Crippen molar-refractivity contribution in [3.05, 3.63) is 100 Å². The number of unbranched alkanes of at least 4 members (excludes halogenated alkanes) is 2. The van der Waals surface area contributed by atoms with Crippen molar-refractivity contribution in [2.45, 2.75) is 103 Å². The van der Waals surface area contributed by atoms with Crippen molar-refractivity contribution in [3.8, 4) is 5.75 Å². The predicted octanol–water partition coefficient (Wildman–Crippen LogP) is 9.47. The van der Waals surface area contributed by atoms with Crippen molar-refractivity contribution >= 4 is 0 Å². The average Bonchev–Trinajstić information content (AvgIpc) is 3.43. The van der Waals surface area contributed by atoms with E-state index in [-0.39, 0.29) is 28.4 Å². The van der Waals surface area contributed by atoms with E-state index in [1.165, 1.54) is 47.4 Å². The molecule has 240 valence electrons. The van der Waals surface area contributed by atoms with E-state index in [0.717, 1.165) is 68.7 Å². The Morgan fingerprint density at radius 2 is 1.34 bits per heavy atom. The van der Waals surface area contributed by atoms with E-state index < -0.39 is 0 Å². The molecule has 1 aliphatic heterocycles. The third kappa shape index (κ3) is 8.91. The molecule has 1 atom stereocenters. The Hall–Kier alpha value is -2.76. The van der Waals surface area contributed by atoms with Crippen molar-refractivity contribution in [2.24, 2.45) is 0 Å². The molecule has 0 bridgehead atoms. The number of likely N-dealkylation sites (N-methyl/N-ethyl adjacent to an activating group) is 1. The molecule has 1 fully saturated rings. The second-order valence-electron chi connectivity index (χ2n) is 14.9. The maximum absolute atomic E-state index is 13.6. The van der Waals surface area contributed by atoms with Crippen LogP contribution in [0.25, 0.3) is 0 Å². The maximum atomic E-state index is 13.6. The number of nitrogens with zero attached hydrogens (tertiary/aromatic N) is 2. The van der Waals surface area contributed by atoms with Crippen LogP contribution in [0.4, 0.5) is 8.78 Å². The first-order chi connectivity index (χ1) is 20.8. The topological polar surface area (TPSA) is 15.7 Å². The van der Waals surface area contributed by atoms with E-state index in [9.17, 15) is 8.78 Å². The van der Waals surface area contributed by atoms with Gasteiger partial charge in [0.05, 0.1) is 7.11 Å². The van der Waals surface area contributed by atoms with Crippen molar-refractivity contribution < 1.29 is 13.5 Å². The molecule has 0 radical (unpaired) electrons. The average molecular weight is 605 g/mol. The van der Waals surface area contributed by atoms with Gasteiger partial charge in [-0.15, -0.1) is 0 Å². The van der Waals surface area contributed by atoms with Crippen LogP contribution in [0.3, 0.4) is 0 Å². The monoisotopic (exact) mass is 604 g/mol. The summed E-state index contributed by atoms with van der Waals surface area (Å²) in [5.74, 6) is 0.726. The summed E-state index contributed by atoms with van der Waals surface area (Å²) < 4.78 is 33.1. The van der Waals surface area contributed by atoms with E-state index >= 15 is 0 Å². The quantitative estimate of drug-likeness (QED) is 0.192. The SMILES string of the molecule is COc1c(C(C)(C)C)cc(CN2CCC(N(C)CCCCCC(c3ccc(F)cc3)c3ccc(F)cc3)C2)cc1C(C)(C)C. The first-order valence-electron chi connectivity index (χ1n) is 16.4. The van der Waals surface area contributed by atoms with Crippen LogP contribution in [0.1, 0.15) is 107 Å². The number of hydrogen-bond acceptors (Lipinski definition) is 3. The second-order valence-corrected chi connectivity index (χ2v) is 14.9. The lowest BCUT2D eigenvalue weighted by molar-refractivity contribution is 0.225. The minimum absolute atomic E-state index is 0.00711. The lowest BCUT2D eigenvalue weighted by Crippen LogP contribution is -2.35. The fourth-order valence-corrected chi connectivity index (χ4v) is 6.67. The first kappa shape index (κ1) is 34.1. The van der Waals surface area contributed by atoms with Crippen LogP contribution in [0.15, 0.2) is 60.7 Å². The zero-order valence-electron chi connectivity index (χ0n) is 28.4. The number of rotatable bonds is 12. The molecule has 3 aromatic carbocycles. The van der Waals surface area contributed by atoms with Gasteiger partial charge >= 0.3 is 0 Å². The van der Waals surface area contributed by atoms with Gasteiger partial charge < -0.3 is 9.64 Å². The normalized spacial score (nSPS) is 16.3. The molecular formula is C39H54F2N2O. The highest BCUT2D eigenvalue weighted by Crippen LogP contribution is 2.41. The molecule has 1 aliphatic rings. The molecule has 3 aromatic rings. The molecule has 0 spiro atoms. The summed E-state index contributed by atoms with van der Waals surface area (Å²) >= 11 is 0. The largest absolute Gasteiger partial charge is 0.496 e. The summed E-state index contributed by atoms with van der Waals surface area (Å²) in [6.07, 6.45) is 5.52. The zero-order chi connectivity index (χ0) is 32.1. The smallest absolute Gasteiger partial charge is 0.126 e. The molecule has 44 heavy (non-hydrogen) atoms. The van der Waals surface area contributed by atoms with Crippen molar-refractivity contribution in [3.63, 3.8) is 0 Å². The Kier molecular flexibility index (Phi) is 11.3. The number of benzene rings is 3. The van der Waals surface area contributed by atoms with Gasteiger partial charge in [-0.05, 0) is 84.6 Å². The third-order valence-electron chi connectivity index (χ3n) is 9.29. The fraction of sp³-hybridized carbons (Fsp3) is 0.538. The lowest BCUT2D eigenvalue weighted by atomic mass is 9.78. The number of likely N-dealkylation sites (tertiary alicyclic amines) is 1. The Bertz CT molecular complexity index is 1260. The Balaban J connectivity index is 1.30. The molecule has 4 rings (SSSR count). The summed E-state index contributed by atoms with van der Waals surface area (Å²) in [5, 5.41) is 0. The van der Waals surface area contributed by atoms with Crippen LogP contribution >= 0.6 is 0 Å². The van der Waals surface area contributed by atoms with E-state index in [0.29, 0.717) is 6.04 Å². The van der Waals surface area contributed by atoms with E-state index in [4.69, 9.17) is 4.74 Å². The van der Waals surface area contributed by atoms with Gasteiger partial charge in [0.2, 0.25) is 0 Å². The van der Waals surface area contributed by atoms with Gasteiger partial charge in [0, 0.05) is 42.7 Å². The molecule has 0 aromatic heterocycles. The summed E-state index contributed by atoms with van der Waals surface area (Å²) in [6.45, 7) is 17.9. The maximum Gasteiger partial charge on any atom is 0.126 e. The second kappa shape index (κ2) is 14.6. The summed E-state index contributed by atoms with van der Waals surface area (Å²) in [6, 6.07) is 18.9. The van der Waals surface area contributed by atoms with Gasteiger partial charge in [0.15, 0.2) is 0 Å². The van der Waals surface area contributed by atoms with Crippen LogP contribution in [0, 0.1) is 11.6 Å². The van der Waals surface area contributed by atoms with Crippen molar-refractivity contribution in [1.29, 1.82) is 0 Å². The van der Waals surface area contributed by atoms with Gasteiger partial charge in [-0.3, -0.25) is 4.90 Å². The first-order valence-corrected chi connectivity index (χ1v) is 16.4. The number of ether oxygens (including phenoxy) is 1. The lowest BCUT2D eigenvalue weighted by Gasteiger charge is -2.31. The van der Waals surface area contributed by atoms with Gasteiger partial charge in [-0.25, -0.2) is 8.78 Å². The highest BCUT2D eigenvalue weighted by molar-refractivity contribution is 5.51. The van der Waals surface area contributed by atoms with E-state index in [1.807, 2.05) is 24.3 Å². The molecule has 0 amide bonds. The molecule has 0 saturated carbocycles. The summed E-state index contributed by atoms with van der Waals surface area (Å²) in [5.41, 5.74) is 6.14. The van der Waals surface area contributed by atoms with Crippen LogP contribution in [0.5, 0.6) is 5.75 Å². The molecule has 0 N–H and O–H groups in total. The minimum atomic E-state index is -0.228. The molecule has 0 aliphatic carbocycles. The van der Waals surface area contributed by atoms with E-state index in [2.05, 4.69) is 70.5 Å².